The summed E-state index contributed by atoms with van der Waals surface area (Å²) in [6, 6.07) is 8.31. The van der Waals surface area contributed by atoms with Crippen LogP contribution in [0.15, 0.2) is 54.4 Å². The lowest BCUT2D eigenvalue weighted by atomic mass is 9.96. The van der Waals surface area contributed by atoms with E-state index in [1.165, 1.54) is 71.7 Å². The highest BCUT2D eigenvalue weighted by atomic mass is 19.1. The van der Waals surface area contributed by atoms with Gasteiger partial charge in [-0.2, -0.15) is 0 Å². The Morgan fingerprint density at radius 1 is 0.841 bits per heavy atom. The summed E-state index contributed by atoms with van der Waals surface area (Å²) in [5.41, 5.74) is -0.461. The van der Waals surface area contributed by atoms with Crippen LogP contribution < -0.4 is 24.3 Å². The summed E-state index contributed by atoms with van der Waals surface area (Å²) in [5.74, 6) is -3.93. The number of benzene rings is 2. The first-order valence-electron chi connectivity index (χ1n) is 13.4. The number of esters is 2. The number of amides is 1. The lowest BCUT2D eigenvalue weighted by molar-refractivity contribution is -0.143. The van der Waals surface area contributed by atoms with Crippen molar-refractivity contribution in [2.75, 3.05) is 21.3 Å². The van der Waals surface area contributed by atoms with Gasteiger partial charge in [0, 0.05) is 17.8 Å². The molecular weight excluding hydrogens is 578 g/mol. The Hall–Kier alpha value is -5.00. The number of nitrogens with one attached hydrogen (secondary N) is 1. The van der Waals surface area contributed by atoms with Crippen LogP contribution in [0.2, 0.25) is 0 Å². The molecule has 0 fully saturated rings. The molecular formula is C32H34F2N2O8. The van der Waals surface area contributed by atoms with Crippen LogP contribution in [0.4, 0.5) is 8.78 Å². The van der Waals surface area contributed by atoms with E-state index in [9.17, 15) is 23.2 Å². The molecule has 3 aromatic rings. The third kappa shape index (κ3) is 7.68. The van der Waals surface area contributed by atoms with Crippen molar-refractivity contribution in [3.05, 3.63) is 82.9 Å². The van der Waals surface area contributed by atoms with Gasteiger partial charge >= 0.3 is 11.9 Å². The van der Waals surface area contributed by atoms with E-state index in [0.29, 0.717) is 0 Å². The highest BCUT2D eigenvalue weighted by molar-refractivity contribution is 5.99. The van der Waals surface area contributed by atoms with E-state index in [0.717, 1.165) is 12.1 Å². The molecule has 44 heavy (non-hydrogen) atoms. The molecule has 0 saturated carbocycles. The molecule has 0 unspecified atom stereocenters. The van der Waals surface area contributed by atoms with Crippen LogP contribution in [0, 0.1) is 17.0 Å². The van der Waals surface area contributed by atoms with Crippen LogP contribution in [0.25, 0.3) is 5.57 Å². The lowest BCUT2D eigenvalue weighted by Crippen LogP contribution is -2.40. The first kappa shape index (κ1) is 33.5. The molecule has 1 aromatic heterocycles. The van der Waals surface area contributed by atoms with Gasteiger partial charge in [-0.15, -0.1) is 0 Å². The monoisotopic (exact) mass is 612 g/mol. The Morgan fingerprint density at radius 3 is 1.82 bits per heavy atom. The van der Waals surface area contributed by atoms with Crippen molar-refractivity contribution in [1.29, 1.82) is 0 Å². The van der Waals surface area contributed by atoms with Gasteiger partial charge in [0.1, 0.15) is 11.8 Å². The van der Waals surface area contributed by atoms with E-state index in [4.69, 9.17) is 23.7 Å². The summed E-state index contributed by atoms with van der Waals surface area (Å²) in [6.45, 7) is 7.73. The van der Waals surface area contributed by atoms with E-state index in [2.05, 4.69) is 10.3 Å². The molecule has 0 aliphatic carbocycles. The Kier molecular flexibility index (Phi) is 10.6. The zero-order valence-corrected chi connectivity index (χ0v) is 25.7. The van der Waals surface area contributed by atoms with Gasteiger partial charge in [-0.05, 0) is 70.0 Å². The second kappa shape index (κ2) is 14.0. The van der Waals surface area contributed by atoms with E-state index in [1.54, 1.807) is 20.8 Å². The largest absolute Gasteiger partial charge is 0.494 e. The number of hydrogen-bond donors (Lipinski definition) is 1. The third-order valence-corrected chi connectivity index (χ3v) is 6.30. The van der Waals surface area contributed by atoms with Gasteiger partial charge in [0.15, 0.2) is 34.6 Å². The molecule has 0 aliphatic heterocycles. The summed E-state index contributed by atoms with van der Waals surface area (Å²) in [7, 11) is 3.96. The summed E-state index contributed by atoms with van der Waals surface area (Å²) in [5, 5.41) is 2.47. The second-order valence-corrected chi connectivity index (χ2v) is 10.6. The predicted molar refractivity (Wildman–Crippen MR) is 156 cm³/mol. The van der Waals surface area contributed by atoms with Crippen LogP contribution in [-0.2, 0) is 14.3 Å². The first-order chi connectivity index (χ1) is 20.7. The Morgan fingerprint density at radius 2 is 1.36 bits per heavy atom. The average Bonchev–Trinajstić information content (AvgIpc) is 2.96. The van der Waals surface area contributed by atoms with E-state index >= 15 is 0 Å². The van der Waals surface area contributed by atoms with Crippen molar-refractivity contribution in [2.45, 2.75) is 40.7 Å². The van der Waals surface area contributed by atoms with Gasteiger partial charge in [0.05, 0.1) is 26.7 Å². The maximum absolute atomic E-state index is 14.7. The van der Waals surface area contributed by atoms with Crippen LogP contribution in [0.3, 0.4) is 0 Å². The second-order valence-electron chi connectivity index (χ2n) is 10.6. The number of hydrogen-bond acceptors (Lipinski definition) is 9. The smallest absolute Gasteiger partial charge is 0.333 e. The van der Waals surface area contributed by atoms with Crippen molar-refractivity contribution in [2.24, 2.45) is 5.41 Å². The molecule has 10 nitrogen and oxygen atoms in total. The Labute approximate surface area is 253 Å². The zero-order valence-electron chi connectivity index (χ0n) is 25.7. The molecule has 2 aromatic carbocycles. The van der Waals surface area contributed by atoms with Crippen LogP contribution in [0.5, 0.6) is 23.0 Å². The highest BCUT2D eigenvalue weighted by Gasteiger charge is 2.30. The normalized spacial score (nSPS) is 11.6. The number of ether oxygens (including phenoxy) is 5. The summed E-state index contributed by atoms with van der Waals surface area (Å²) >= 11 is 0. The molecule has 3 rings (SSSR count). The van der Waals surface area contributed by atoms with Crippen LogP contribution >= 0.6 is 0 Å². The van der Waals surface area contributed by atoms with E-state index in [1.807, 2.05) is 0 Å². The number of methoxy groups -OCH3 is 3. The summed E-state index contributed by atoms with van der Waals surface area (Å²) < 4.78 is 55.6. The fraction of sp³-hybridized carbons (Fsp3) is 0.312. The predicted octanol–water partition coefficient (Wildman–Crippen LogP) is 5.48. The first-order valence-corrected chi connectivity index (χ1v) is 13.4. The molecule has 1 heterocycles. The number of carbonyl (C=O) groups excluding carboxylic acids is 3. The standard InChI is InChI=1S/C32H34F2N2O8/c1-17(36-29(37)27-28(25(42-8)13-14-35-27)44-31(39)32(3,4)5)30(38)43-18(2)26(19-9-11-23(40-6)21(33)15-19)20-10-12-24(41-7)22(34)16-20/h9-17H,1-8H3,(H,36,37)/t17-/m0/s1. The van der Waals surface area contributed by atoms with Gasteiger partial charge in [-0.1, -0.05) is 12.1 Å². The molecule has 0 bridgehead atoms. The minimum Gasteiger partial charge on any atom is -0.494 e. The van der Waals surface area contributed by atoms with E-state index < -0.39 is 40.9 Å². The van der Waals surface area contributed by atoms with Gasteiger partial charge in [-0.25, -0.2) is 18.6 Å². The minimum absolute atomic E-state index is 0.00969. The molecule has 0 aliphatic rings. The van der Waals surface area contributed by atoms with Gasteiger partial charge < -0.3 is 29.0 Å². The third-order valence-electron chi connectivity index (χ3n) is 6.30. The Balaban J connectivity index is 1.94. The maximum Gasteiger partial charge on any atom is 0.333 e. The SMILES string of the molecule is COc1ccc(C(=C(C)OC(=O)[C@H](C)NC(=O)c2nccc(OC)c2OC(=O)C(C)(C)C)c2ccc(OC)c(F)c2)cc1F. The number of allylic oxidation sites excluding steroid dienone is 1. The molecule has 1 amide bonds. The molecule has 0 saturated heterocycles. The van der Waals surface area contributed by atoms with Gasteiger partial charge in [0.25, 0.3) is 5.91 Å². The van der Waals surface area contributed by atoms with Crippen LogP contribution in [0.1, 0.15) is 56.2 Å². The maximum atomic E-state index is 14.7. The van der Waals surface area contributed by atoms with Crippen molar-refractivity contribution in [3.8, 4) is 23.0 Å². The zero-order chi connectivity index (χ0) is 32.8. The Bertz CT molecular complexity index is 1540. The quantitative estimate of drug-likeness (QED) is 0.234. The molecule has 1 atom stereocenters. The lowest BCUT2D eigenvalue weighted by Gasteiger charge is -2.20. The van der Waals surface area contributed by atoms with Crippen molar-refractivity contribution >= 4 is 23.4 Å². The molecule has 0 radical (unpaired) electrons. The minimum atomic E-state index is -1.24. The number of carbonyl (C=O) groups is 3. The highest BCUT2D eigenvalue weighted by Crippen LogP contribution is 2.34. The van der Waals surface area contributed by atoms with Gasteiger partial charge in [0.2, 0.25) is 5.75 Å². The van der Waals surface area contributed by atoms with Crippen molar-refractivity contribution < 1.29 is 46.8 Å². The fourth-order valence-electron chi connectivity index (χ4n) is 3.93. The molecule has 12 heteroatoms. The topological polar surface area (TPSA) is 122 Å². The summed E-state index contributed by atoms with van der Waals surface area (Å²) in [6.07, 6.45) is 1.28. The number of aromatic nitrogens is 1. The number of pyridine rings is 1. The average molecular weight is 613 g/mol. The summed E-state index contributed by atoms with van der Waals surface area (Å²) in [4.78, 5) is 42.9. The number of halogens is 2. The molecule has 1 N–H and O–H groups in total. The van der Waals surface area contributed by atoms with Crippen molar-refractivity contribution in [3.63, 3.8) is 0 Å². The van der Waals surface area contributed by atoms with Gasteiger partial charge in [-0.3, -0.25) is 9.59 Å². The van der Waals surface area contributed by atoms with E-state index in [-0.39, 0.29) is 51.2 Å². The van der Waals surface area contributed by atoms with Crippen molar-refractivity contribution in [1.82, 2.24) is 10.3 Å². The fourth-order valence-corrected chi connectivity index (χ4v) is 3.93. The molecule has 234 valence electrons. The molecule has 0 spiro atoms. The number of nitrogens with zero attached hydrogens (tertiary/aromatic N) is 1. The number of rotatable bonds is 10. The van der Waals surface area contributed by atoms with Crippen LogP contribution in [-0.4, -0.2) is 50.2 Å².